The smallest absolute Gasteiger partial charge is 0.257 e. The fourth-order valence-electron chi connectivity index (χ4n) is 3.06. The van der Waals surface area contributed by atoms with Crippen molar-refractivity contribution in [3.63, 3.8) is 0 Å². The summed E-state index contributed by atoms with van der Waals surface area (Å²) in [5.41, 5.74) is 3.70. The van der Waals surface area contributed by atoms with Crippen LogP contribution in [0.2, 0.25) is 0 Å². The third-order valence-corrected chi connectivity index (χ3v) is 4.75. The first-order valence-corrected chi connectivity index (χ1v) is 9.75. The minimum Gasteiger partial charge on any atom is -0.361 e. The second kappa shape index (κ2) is 8.95. The van der Waals surface area contributed by atoms with Crippen molar-refractivity contribution in [1.82, 2.24) is 25.3 Å². The number of aryl methyl sites for hydroxylation is 2. The van der Waals surface area contributed by atoms with E-state index in [1.165, 1.54) is 4.90 Å². The molecular formula is C22H26N6O3. The topological polar surface area (TPSA) is 104 Å². The lowest BCUT2D eigenvalue weighted by molar-refractivity contribution is 0.0827. The Balaban J connectivity index is 1.83. The molecule has 162 valence electrons. The third-order valence-electron chi connectivity index (χ3n) is 4.75. The maximum Gasteiger partial charge on any atom is 0.257 e. The summed E-state index contributed by atoms with van der Waals surface area (Å²) >= 11 is 0. The van der Waals surface area contributed by atoms with E-state index < -0.39 is 0 Å². The van der Waals surface area contributed by atoms with Gasteiger partial charge in [-0.25, -0.2) is 9.97 Å². The van der Waals surface area contributed by atoms with Gasteiger partial charge in [0.1, 0.15) is 11.3 Å². The van der Waals surface area contributed by atoms with Gasteiger partial charge in [0, 0.05) is 46.5 Å². The molecule has 0 saturated heterocycles. The van der Waals surface area contributed by atoms with E-state index in [4.69, 9.17) is 4.52 Å². The van der Waals surface area contributed by atoms with Crippen LogP contribution in [0.25, 0.3) is 11.3 Å². The van der Waals surface area contributed by atoms with Crippen molar-refractivity contribution in [2.45, 2.75) is 20.4 Å². The molecule has 1 N–H and O–H groups in total. The predicted octanol–water partition coefficient (Wildman–Crippen LogP) is 2.45. The summed E-state index contributed by atoms with van der Waals surface area (Å²) in [5.74, 6) is 0.603. The maximum atomic E-state index is 12.6. The second-order valence-electron chi connectivity index (χ2n) is 7.61. The van der Waals surface area contributed by atoms with Gasteiger partial charge in [-0.1, -0.05) is 29.4 Å². The number of anilines is 1. The lowest BCUT2D eigenvalue weighted by Gasteiger charge is -2.16. The van der Waals surface area contributed by atoms with E-state index in [0.29, 0.717) is 40.8 Å². The Morgan fingerprint density at radius 2 is 1.74 bits per heavy atom. The first-order valence-electron chi connectivity index (χ1n) is 9.75. The molecule has 0 spiro atoms. The average Bonchev–Trinajstić information content (AvgIpc) is 3.09. The SMILES string of the molecule is Cc1noc(C)c1C(=O)NCc1ccc(-c2nc(N(C)C)ncc2C(=O)N(C)C)cc1. The summed E-state index contributed by atoms with van der Waals surface area (Å²) in [4.78, 5) is 37.2. The number of amides is 2. The Kier molecular flexibility index (Phi) is 6.33. The first kappa shape index (κ1) is 21.9. The van der Waals surface area contributed by atoms with Gasteiger partial charge in [-0.3, -0.25) is 9.59 Å². The van der Waals surface area contributed by atoms with Crippen molar-refractivity contribution >= 4 is 17.8 Å². The van der Waals surface area contributed by atoms with Gasteiger partial charge in [0.25, 0.3) is 11.8 Å². The van der Waals surface area contributed by atoms with Crippen molar-refractivity contribution in [3.05, 3.63) is 58.6 Å². The van der Waals surface area contributed by atoms with E-state index in [9.17, 15) is 9.59 Å². The first-order chi connectivity index (χ1) is 14.7. The zero-order chi connectivity index (χ0) is 22.7. The van der Waals surface area contributed by atoms with Crippen LogP contribution in [0.15, 0.2) is 35.0 Å². The Hall–Kier alpha value is -3.75. The zero-order valence-corrected chi connectivity index (χ0v) is 18.6. The molecule has 0 atom stereocenters. The van der Waals surface area contributed by atoms with Gasteiger partial charge in [-0.2, -0.15) is 0 Å². The molecule has 3 rings (SSSR count). The predicted molar refractivity (Wildman–Crippen MR) is 117 cm³/mol. The number of benzene rings is 1. The van der Waals surface area contributed by atoms with Crippen molar-refractivity contribution in [2.75, 3.05) is 33.1 Å². The van der Waals surface area contributed by atoms with E-state index in [-0.39, 0.29) is 11.8 Å². The van der Waals surface area contributed by atoms with Crippen LogP contribution in [0, 0.1) is 13.8 Å². The van der Waals surface area contributed by atoms with Crippen molar-refractivity contribution in [1.29, 1.82) is 0 Å². The lowest BCUT2D eigenvalue weighted by atomic mass is 10.0. The number of carbonyl (C=O) groups excluding carboxylic acids is 2. The molecule has 0 aliphatic rings. The molecule has 0 unspecified atom stereocenters. The van der Waals surface area contributed by atoms with E-state index in [1.54, 1.807) is 39.0 Å². The van der Waals surface area contributed by atoms with Crippen LogP contribution in [0.4, 0.5) is 5.95 Å². The van der Waals surface area contributed by atoms with Crippen molar-refractivity contribution in [3.8, 4) is 11.3 Å². The molecule has 0 bridgehead atoms. The fraction of sp³-hybridized carbons (Fsp3) is 0.318. The molecule has 9 heteroatoms. The molecular weight excluding hydrogens is 396 g/mol. The number of aromatic nitrogens is 3. The maximum absolute atomic E-state index is 12.6. The Bertz CT molecular complexity index is 1080. The summed E-state index contributed by atoms with van der Waals surface area (Å²) in [6, 6.07) is 7.55. The monoisotopic (exact) mass is 422 g/mol. The summed E-state index contributed by atoms with van der Waals surface area (Å²) in [6.07, 6.45) is 1.55. The van der Waals surface area contributed by atoms with Crippen LogP contribution in [-0.2, 0) is 6.54 Å². The normalized spacial score (nSPS) is 10.6. The van der Waals surface area contributed by atoms with Crippen molar-refractivity contribution < 1.29 is 14.1 Å². The Morgan fingerprint density at radius 1 is 1.06 bits per heavy atom. The minimum absolute atomic E-state index is 0.170. The summed E-state index contributed by atoms with van der Waals surface area (Å²) in [7, 11) is 7.07. The van der Waals surface area contributed by atoms with Gasteiger partial charge in [0.2, 0.25) is 5.95 Å². The molecule has 2 heterocycles. The van der Waals surface area contributed by atoms with Gasteiger partial charge in [0.05, 0.1) is 17.0 Å². The molecule has 2 amide bonds. The standard InChI is InChI=1S/C22H26N6O3/c1-13-18(14(2)31-26-13)20(29)23-11-15-7-9-16(10-8-15)19-17(21(30)27(3)4)12-24-22(25-19)28(5)6/h7-10,12H,11H2,1-6H3,(H,23,29). The summed E-state index contributed by atoms with van der Waals surface area (Å²) in [6.45, 7) is 3.79. The van der Waals surface area contributed by atoms with Crippen LogP contribution >= 0.6 is 0 Å². The summed E-state index contributed by atoms with van der Waals surface area (Å²) < 4.78 is 5.05. The third kappa shape index (κ3) is 4.71. The van der Waals surface area contributed by atoms with Gasteiger partial charge in [-0.05, 0) is 19.4 Å². The lowest BCUT2D eigenvalue weighted by Crippen LogP contribution is -2.24. The van der Waals surface area contributed by atoms with Crippen molar-refractivity contribution in [2.24, 2.45) is 0 Å². The molecule has 0 aliphatic heterocycles. The second-order valence-corrected chi connectivity index (χ2v) is 7.61. The van der Waals surface area contributed by atoms with Crippen LogP contribution in [-0.4, -0.2) is 60.0 Å². The fourth-order valence-corrected chi connectivity index (χ4v) is 3.06. The highest BCUT2D eigenvalue weighted by Gasteiger charge is 2.19. The van der Waals surface area contributed by atoms with E-state index in [2.05, 4.69) is 20.4 Å². The highest BCUT2D eigenvalue weighted by molar-refractivity contribution is 5.99. The largest absolute Gasteiger partial charge is 0.361 e. The van der Waals surface area contributed by atoms with Crippen LogP contribution in [0.3, 0.4) is 0 Å². The quantitative estimate of drug-likeness (QED) is 0.650. The average molecular weight is 422 g/mol. The van der Waals surface area contributed by atoms with E-state index in [1.807, 2.05) is 38.4 Å². The molecule has 3 aromatic rings. The van der Waals surface area contributed by atoms with E-state index >= 15 is 0 Å². The number of nitrogens with one attached hydrogen (secondary N) is 1. The molecule has 0 saturated carbocycles. The number of hydrogen-bond donors (Lipinski definition) is 1. The highest BCUT2D eigenvalue weighted by atomic mass is 16.5. The van der Waals surface area contributed by atoms with Crippen LogP contribution in [0.1, 0.15) is 37.7 Å². The molecule has 1 aromatic carbocycles. The molecule has 0 fully saturated rings. The number of nitrogens with zero attached hydrogens (tertiary/aromatic N) is 5. The van der Waals surface area contributed by atoms with Crippen LogP contribution in [0.5, 0.6) is 0 Å². The van der Waals surface area contributed by atoms with E-state index in [0.717, 1.165) is 11.1 Å². The van der Waals surface area contributed by atoms with Gasteiger partial charge < -0.3 is 19.6 Å². The molecule has 0 radical (unpaired) electrons. The molecule has 9 nitrogen and oxygen atoms in total. The van der Waals surface area contributed by atoms with Crippen LogP contribution < -0.4 is 10.2 Å². The Morgan fingerprint density at radius 3 is 2.29 bits per heavy atom. The Labute approximate surface area is 181 Å². The molecule has 31 heavy (non-hydrogen) atoms. The summed E-state index contributed by atoms with van der Waals surface area (Å²) in [5, 5.41) is 6.69. The van der Waals surface area contributed by atoms with Gasteiger partial charge in [0.15, 0.2) is 0 Å². The molecule has 2 aromatic heterocycles. The molecule has 0 aliphatic carbocycles. The number of hydrogen-bond acceptors (Lipinski definition) is 7. The minimum atomic E-state index is -0.231. The highest BCUT2D eigenvalue weighted by Crippen LogP contribution is 2.24. The van der Waals surface area contributed by atoms with Gasteiger partial charge >= 0.3 is 0 Å². The number of carbonyl (C=O) groups is 2. The van der Waals surface area contributed by atoms with Gasteiger partial charge in [-0.15, -0.1) is 0 Å². The zero-order valence-electron chi connectivity index (χ0n) is 18.6. The number of rotatable bonds is 6.